The number of carbonyl (C=O) groups excluding carboxylic acids is 2. The SMILES string of the molecule is CN(C)C(=O)CN1C(=O)/C(=C\c2ccc([N+](=O)[O-])cc2)Oc2cc(N)ccc21. The Morgan fingerprint density at radius 2 is 1.93 bits per heavy atom. The van der Waals surface area contributed by atoms with E-state index >= 15 is 0 Å². The van der Waals surface area contributed by atoms with Crippen LogP contribution in [0.3, 0.4) is 0 Å². The Hall–Kier alpha value is -3.88. The van der Waals surface area contributed by atoms with Crippen LogP contribution in [0.15, 0.2) is 48.2 Å². The molecular formula is C19H18N4O5. The van der Waals surface area contributed by atoms with Gasteiger partial charge in [-0.05, 0) is 35.9 Å². The van der Waals surface area contributed by atoms with Gasteiger partial charge in [0.2, 0.25) is 5.91 Å². The highest BCUT2D eigenvalue weighted by Gasteiger charge is 2.32. The van der Waals surface area contributed by atoms with Gasteiger partial charge in [-0.3, -0.25) is 24.6 Å². The molecule has 0 aliphatic carbocycles. The first-order valence-electron chi connectivity index (χ1n) is 8.32. The van der Waals surface area contributed by atoms with Crippen molar-refractivity contribution in [3.05, 3.63) is 63.9 Å². The van der Waals surface area contributed by atoms with Gasteiger partial charge in [-0.2, -0.15) is 0 Å². The number of hydrogen-bond acceptors (Lipinski definition) is 6. The fourth-order valence-corrected chi connectivity index (χ4v) is 2.61. The van der Waals surface area contributed by atoms with Gasteiger partial charge in [0.15, 0.2) is 11.5 Å². The zero-order valence-electron chi connectivity index (χ0n) is 15.3. The number of nitrogens with zero attached hydrogens (tertiary/aromatic N) is 3. The van der Waals surface area contributed by atoms with Gasteiger partial charge in [-0.25, -0.2) is 0 Å². The molecule has 9 nitrogen and oxygen atoms in total. The summed E-state index contributed by atoms with van der Waals surface area (Å²) in [5.74, 6) is -0.420. The maximum atomic E-state index is 12.9. The predicted octanol–water partition coefficient (Wildman–Crippen LogP) is 2.03. The van der Waals surface area contributed by atoms with Crippen molar-refractivity contribution < 1.29 is 19.2 Å². The normalized spacial score (nSPS) is 14.4. The molecule has 0 fully saturated rings. The van der Waals surface area contributed by atoms with E-state index in [0.29, 0.717) is 22.7 Å². The number of amides is 2. The number of fused-ring (bicyclic) bond motifs is 1. The van der Waals surface area contributed by atoms with E-state index in [9.17, 15) is 19.7 Å². The molecule has 0 saturated heterocycles. The number of rotatable bonds is 4. The van der Waals surface area contributed by atoms with Crippen molar-refractivity contribution in [3.63, 3.8) is 0 Å². The van der Waals surface area contributed by atoms with E-state index in [1.165, 1.54) is 40.1 Å². The summed E-state index contributed by atoms with van der Waals surface area (Å²) < 4.78 is 5.71. The third-order valence-corrected chi connectivity index (χ3v) is 4.14. The first-order chi connectivity index (χ1) is 13.3. The molecule has 9 heteroatoms. The lowest BCUT2D eigenvalue weighted by atomic mass is 10.1. The molecule has 0 saturated carbocycles. The van der Waals surface area contributed by atoms with Gasteiger partial charge in [0.1, 0.15) is 6.54 Å². The van der Waals surface area contributed by atoms with Crippen molar-refractivity contribution in [2.24, 2.45) is 0 Å². The van der Waals surface area contributed by atoms with Gasteiger partial charge in [-0.1, -0.05) is 0 Å². The van der Waals surface area contributed by atoms with Crippen LogP contribution in [0.2, 0.25) is 0 Å². The van der Waals surface area contributed by atoms with Crippen LogP contribution < -0.4 is 15.4 Å². The van der Waals surface area contributed by atoms with E-state index in [4.69, 9.17) is 10.5 Å². The van der Waals surface area contributed by atoms with E-state index in [1.54, 1.807) is 32.3 Å². The van der Waals surface area contributed by atoms with Gasteiger partial charge < -0.3 is 15.4 Å². The molecule has 1 heterocycles. The highest BCUT2D eigenvalue weighted by Crippen LogP contribution is 2.37. The topological polar surface area (TPSA) is 119 Å². The fraction of sp³-hybridized carbons (Fsp3) is 0.158. The Balaban J connectivity index is 1.99. The molecule has 0 spiro atoms. The van der Waals surface area contributed by atoms with Gasteiger partial charge in [0.05, 0.1) is 10.6 Å². The van der Waals surface area contributed by atoms with E-state index in [0.717, 1.165) is 0 Å². The van der Waals surface area contributed by atoms with Crippen LogP contribution in [-0.4, -0.2) is 42.3 Å². The number of ether oxygens (including phenoxy) is 1. The van der Waals surface area contributed by atoms with Crippen LogP contribution >= 0.6 is 0 Å². The molecule has 0 unspecified atom stereocenters. The maximum Gasteiger partial charge on any atom is 0.294 e. The molecule has 2 amide bonds. The quantitative estimate of drug-likeness (QED) is 0.374. The van der Waals surface area contributed by atoms with Crippen molar-refractivity contribution in [1.29, 1.82) is 0 Å². The van der Waals surface area contributed by atoms with E-state index in [2.05, 4.69) is 0 Å². The number of nitrogen functional groups attached to an aromatic ring is 1. The summed E-state index contributed by atoms with van der Waals surface area (Å²) >= 11 is 0. The number of nitro groups is 1. The number of anilines is 2. The summed E-state index contributed by atoms with van der Waals surface area (Å²) in [5.41, 5.74) is 7.18. The van der Waals surface area contributed by atoms with Crippen molar-refractivity contribution in [2.45, 2.75) is 0 Å². The first kappa shape index (κ1) is 18.9. The number of nitrogens with two attached hydrogens (primary N) is 1. The van der Waals surface area contributed by atoms with E-state index < -0.39 is 10.8 Å². The molecule has 144 valence electrons. The summed E-state index contributed by atoms with van der Waals surface area (Å²) in [6.45, 7) is -0.163. The molecule has 0 bridgehead atoms. The number of likely N-dealkylation sites (N-methyl/N-ethyl adjacent to an activating group) is 1. The third-order valence-electron chi connectivity index (χ3n) is 4.14. The van der Waals surface area contributed by atoms with E-state index in [-0.39, 0.29) is 23.9 Å². The Bertz CT molecular complexity index is 982. The maximum absolute atomic E-state index is 12.9. The highest BCUT2D eigenvalue weighted by molar-refractivity contribution is 6.12. The third kappa shape index (κ3) is 3.78. The Kier molecular flexibility index (Phi) is 4.99. The first-order valence-corrected chi connectivity index (χ1v) is 8.32. The predicted molar refractivity (Wildman–Crippen MR) is 104 cm³/mol. The Labute approximate surface area is 160 Å². The summed E-state index contributed by atoms with van der Waals surface area (Å²) in [7, 11) is 3.20. The van der Waals surface area contributed by atoms with Gasteiger partial charge in [-0.15, -0.1) is 0 Å². The van der Waals surface area contributed by atoms with Gasteiger partial charge in [0.25, 0.3) is 11.6 Å². The lowest BCUT2D eigenvalue weighted by Gasteiger charge is -2.31. The number of carbonyl (C=O) groups is 2. The molecule has 0 radical (unpaired) electrons. The zero-order chi connectivity index (χ0) is 20.4. The van der Waals surface area contributed by atoms with Gasteiger partial charge in [0, 0.05) is 38.0 Å². The molecule has 2 aromatic rings. The van der Waals surface area contributed by atoms with Crippen molar-refractivity contribution in [1.82, 2.24) is 4.90 Å². The monoisotopic (exact) mass is 382 g/mol. The minimum atomic E-state index is -0.507. The molecular weight excluding hydrogens is 364 g/mol. The second-order valence-corrected chi connectivity index (χ2v) is 6.37. The molecule has 3 rings (SSSR count). The van der Waals surface area contributed by atoms with Gasteiger partial charge >= 0.3 is 0 Å². The lowest BCUT2D eigenvalue weighted by molar-refractivity contribution is -0.384. The van der Waals surface area contributed by atoms with Crippen LogP contribution in [0.25, 0.3) is 6.08 Å². The molecule has 2 aromatic carbocycles. The molecule has 0 aromatic heterocycles. The van der Waals surface area contributed by atoms with Crippen LogP contribution in [-0.2, 0) is 9.59 Å². The highest BCUT2D eigenvalue weighted by atomic mass is 16.6. The second kappa shape index (κ2) is 7.39. The number of non-ortho nitro benzene ring substituents is 1. The summed E-state index contributed by atoms with van der Waals surface area (Å²) in [5, 5.41) is 10.8. The minimum absolute atomic E-state index is 0.0153. The largest absolute Gasteiger partial charge is 0.449 e. The average Bonchev–Trinajstić information content (AvgIpc) is 2.65. The zero-order valence-corrected chi connectivity index (χ0v) is 15.3. The van der Waals surface area contributed by atoms with Crippen LogP contribution in [0, 0.1) is 10.1 Å². The molecule has 0 atom stereocenters. The molecule has 1 aliphatic heterocycles. The summed E-state index contributed by atoms with van der Waals surface area (Å²) in [6, 6.07) is 10.5. The minimum Gasteiger partial charge on any atom is -0.449 e. The van der Waals surface area contributed by atoms with Crippen molar-refractivity contribution >= 4 is 35.0 Å². The average molecular weight is 382 g/mol. The molecule has 1 aliphatic rings. The molecule has 28 heavy (non-hydrogen) atoms. The lowest BCUT2D eigenvalue weighted by Crippen LogP contribution is -2.43. The second-order valence-electron chi connectivity index (χ2n) is 6.37. The fourth-order valence-electron chi connectivity index (χ4n) is 2.61. The van der Waals surface area contributed by atoms with E-state index in [1.807, 2.05) is 0 Å². The number of benzene rings is 2. The summed E-state index contributed by atoms with van der Waals surface area (Å²) in [6.07, 6.45) is 1.46. The number of nitro benzene ring substituents is 1. The number of hydrogen-bond donors (Lipinski definition) is 1. The standard InChI is InChI=1S/C19H18N4O5/c1-21(2)18(24)11-22-15-8-5-13(20)10-16(15)28-17(19(22)25)9-12-3-6-14(7-4-12)23(26)27/h3-10H,11,20H2,1-2H3/b17-9+. The van der Waals surface area contributed by atoms with Crippen LogP contribution in [0.4, 0.5) is 17.1 Å². The Morgan fingerprint density at radius 1 is 1.25 bits per heavy atom. The Morgan fingerprint density at radius 3 is 2.54 bits per heavy atom. The van der Waals surface area contributed by atoms with Crippen LogP contribution in [0.1, 0.15) is 5.56 Å². The van der Waals surface area contributed by atoms with Crippen molar-refractivity contribution in [3.8, 4) is 5.75 Å². The summed E-state index contributed by atoms with van der Waals surface area (Å²) in [4.78, 5) is 38.1. The van der Waals surface area contributed by atoms with Crippen molar-refractivity contribution in [2.75, 3.05) is 31.3 Å². The molecule has 2 N–H and O–H groups in total. The smallest absolute Gasteiger partial charge is 0.294 e. The van der Waals surface area contributed by atoms with Crippen LogP contribution in [0.5, 0.6) is 5.75 Å².